The van der Waals surface area contributed by atoms with Gasteiger partial charge in [-0.15, -0.1) is 0 Å². The number of rotatable bonds is 2. The van der Waals surface area contributed by atoms with E-state index in [0.29, 0.717) is 0 Å². The van der Waals surface area contributed by atoms with E-state index in [1.54, 1.807) is 0 Å². The van der Waals surface area contributed by atoms with E-state index < -0.39 is 36.0 Å². The van der Waals surface area contributed by atoms with E-state index in [0.717, 1.165) is 0 Å². The minimum atomic E-state index is -1.21. The van der Waals surface area contributed by atoms with Crippen molar-refractivity contribution in [3.05, 3.63) is 0 Å². The summed E-state index contributed by atoms with van der Waals surface area (Å²) in [5.41, 5.74) is 0. The number of aliphatic carboxylic acids is 2. The average molecular weight is 204 g/mol. The highest BCUT2D eigenvalue weighted by atomic mass is 16.4. The van der Waals surface area contributed by atoms with E-state index in [1.807, 2.05) is 0 Å². The molecule has 0 aliphatic heterocycles. The van der Waals surface area contributed by atoms with Gasteiger partial charge in [0.15, 0.2) is 0 Å². The van der Waals surface area contributed by atoms with Crippen LogP contribution in [0.1, 0.15) is 12.8 Å². The summed E-state index contributed by atoms with van der Waals surface area (Å²) in [6.45, 7) is 0. The number of carboxylic acid groups (broad SMARTS) is 2. The Morgan fingerprint density at radius 2 is 1.14 bits per heavy atom. The zero-order valence-electron chi connectivity index (χ0n) is 7.33. The third-order valence-electron chi connectivity index (χ3n) is 2.55. The van der Waals surface area contributed by atoms with E-state index in [1.165, 1.54) is 0 Å². The Labute approximate surface area is 79.8 Å². The molecule has 1 saturated carbocycles. The van der Waals surface area contributed by atoms with Gasteiger partial charge in [0, 0.05) is 0 Å². The molecule has 4 unspecified atom stereocenters. The molecule has 6 heteroatoms. The van der Waals surface area contributed by atoms with Gasteiger partial charge in [-0.3, -0.25) is 9.59 Å². The minimum Gasteiger partial charge on any atom is -0.481 e. The van der Waals surface area contributed by atoms with Crippen LogP contribution in [0.5, 0.6) is 0 Å². The molecule has 1 aliphatic carbocycles. The van der Waals surface area contributed by atoms with Gasteiger partial charge in [0.2, 0.25) is 0 Å². The second-order valence-corrected chi connectivity index (χ2v) is 3.50. The molecule has 0 aromatic rings. The van der Waals surface area contributed by atoms with Crippen molar-refractivity contribution in [2.24, 2.45) is 11.8 Å². The van der Waals surface area contributed by atoms with Crippen molar-refractivity contribution in [3.63, 3.8) is 0 Å². The molecule has 0 aromatic carbocycles. The van der Waals surface area contributed by atoms with Gasteiger partial charge in [-0.05, 0) is 12.8 Å². The first-order valence-corrected chi connectivity index (χ1v) is 4.25. The fourth-order valence-corrected chi connectivity index (χ4v) is 1.69. The molecule has 0 bridgehead atoms. The molecule has 80 valence electrons. The second-order valence-electron chi connectivity index (χ2n) is 3.50. The van der Waals surface area contributed by atoms with E-state index >= 15 is 0 Å². The van der Waals surface area contributed by atoms with Crippen molar-refractivity contribution in [1.82, 2.24) is 0 Å². The summed E-state index contributed by atoms with van der Waals surface area (Å²) in [6, 6.07) is 0. The summed E-state index contributed by atoms with van der Waals surface area (Å²) >= 11 is 0. The summed E-state index contributed by atoms with van der Waals surface area (Å²) in [7, 11) is 0. The van der Waals surface area contributed by atoms with Crippen LogP contribution >= 0.6 is 0 Å². The zero-order chi connectivity index (χ0) is 10.9. The molecular formula is C8H12O6. The molecule has 4 atom stereocenters. The quantitative estimate of drug-likeness (QED) is 0.454. The normalized spacial score (nSPS) is 37.9. The Morgan fingerprint density at radius 1 is 0.857 bits per heavy atom. The Bertz CT molecular complexity index is 224. The molecule has 1 aliphatic rings. The lowest BCUT2D eigenvalue weighted by Crippen LogP contribution is -2.44. The van der Waals surface area contributed by atoms with Crippen molar-refractivity contribution in [1.29, 1.82) is 0 Å². The smallest absolute Gasteiger partial charge is 0.309 e. The largest absolute Gasteiger partial charge is 0.481 e. The van der Waals surface area contributed by atoms with Crippen LogP contribution in [0.2, 0.25) is 0 Å². The average Bonchev–Trinajstić information content (AvgIpc) is 2.07. The summed E-state index contributed by atoms with van der Waals surface area (Å²) in [4.78, 5) is 21.1. The molecule has 1 rings (SSSR count). The predicted octanol–water partition coefficient (Wildman–Crippen LogP) is -1.10. The maximum atomic E-state index is 10.6. The van der Waals surface area contributed by atoms with Gasteiger partial charge >= 0.3 is 11.9 Å². The third-order valence-corrected chi connectivity index (χ3v) is 2.55. The van der Waals surface area contributed by atoms with Crippen LogP contribution in [-0.4, -0.2) is 44.6 Å². The molecule has 1 fully saturated rings. The van der Waals surface area contributed by atoms with E-state index in [4.69, 9.17) is 10.2 Å². The van der Waals surface area contributed by atoms with E-state index in [2.05, 4.69) is 0 Å². The maximum Gasteiger partial charge on any atom is 0.309 e. The highest BCUT2D eigenvalue weighted by Gasteiger charge is 2.42. The van der Waals surface area contributed by atoms with Crippen molar-refractivity contribution >= 4 is 11.9 Å². The standard InChI is InChI=1S/C8H12O6/c9-5-1-3(7(11)12)6(10)2-4(5)8(13)14/h3-6,9-10H,1-2H2,(H,11,12)(H,13,14). The molecule has 4 N–H and O–H groups in total. The van der Waals surface area contributed by atoms with Crippen LogP contribution in [0.4, 0.5) is 0 Å². The molecule has 0 radical (unpaired) electrons. The van der Waals surface area contributed by atoms with E-state index in [-0.39, 0.29) is 12.8 Å². The van der Waals surface area contributed by atoms with Gasteiger partial charge < -0.3 is 20.4 Å². The first-order chi connectivity index (χ1) is 6.43. The predicted molar refractivity (Wildman–Crippen MR) is 43.5 cm³/mol. The van der Waals surface area contributed by atoms with Gasteiger partial charge in [0.1, 0.15) is 0 Å². The van der Waals surface area contributed by atoms with Gasteiger partial charge in [-0.2, -0.15) is 0 Å². The Kier molecular flexibility index (Phi) is 3.07. The summed E-state index contributed by atoms with van der Waals surface area (Å²) in [5, 5.41) is 35.9. The van der Waals surface area contributed by atoms with Crippen LogP contribution in [0.25, 0.3) is 0 Å². The lowest BCUT2D eigenvalue weighted by molar-refractivity contribution is -0.161. The second kappa shape index (κ2) is 3.93. The maximum absolute atomic E-state index is 10.6. The lowest BCUT2D eigenvalue weighted by Gasteiger charge is -2.32. The number of aliphatic hydroxyl groups is 2. The van der Waals surface area contributed by atoms with Crippen molar-refractivity contribution in [3.8, 4) is 0 Å². The zero-order valence-corrected chi connectivity index (χ0v) is 7.33. The first kappa shape index (κ1) is 10.9. The summed E-state index contributed by atoms with van der Waals surface area (Å²) < 4.78 is 0. The van der Waals surface area contributed by atoms with Gasteiger partial charge in [-0.25, -0.2) is 0 Å². The fraction of sp³-hybridized carbons (Fsp3) is 0.750. The summed E-state index contributed by atoms with van der Waals surface area (Å²) in [5.74, 6) is -4.55. The molecular weight excluding hydrogens is 192 g/mol. The van der Waals surface area contributed by atoms with Crippen LogP contribution in [0, 0.1) is 11.8 Å². The Hall–Kier alpha value is -1.14. The molecule has 0 heterocycles. The molecule has 6 nitrogen and oxygen atoms in total. The molecule has 0 saturated heterocycles. The molecule has 0 spiro atoms. The molecule has 0 amide bonds. The van der Waals surface area contributed by atoms with Crippen molar-refractivity contribution < 1.29 is 30.0 Å². The SMILES string of the molecule is O=C(O)C1CC(O)C(C(=O)O)CC1O. The van der Waals surface area contributed by atoms with E-state index in [9.17, 15) is 19.8 Å². The minimum absolute atomic E-state index is 0.215. The number of carboxylic acids is 2. The van der Waals surface area contributed by atoms with Gasteiger partial charge in [0.25, 0.3) is 0 Å². The number of hydrogen-bond acceptors (Lipinski definition) is 4. The van der Waals surface area contributed by atoms with Crippen LogP contribution in [0.3, 0.4) is 0 Å². The summed E-state index contributed by atoms with van der Waals surface area (Å²) in [6.07, 6.45) is -2.82. The molecule has 0 aromatic heterocycles. The first-order valence-electron chi connectivity index (χ1n) is 4.25. The van der Waals surface area contributed by atoms with Crippen molar-refractivity contribution in [2.45, 2.75) is 25.0 Å². The van der Waals surface area contributed by atoms with Gasteiger partial charge in [-0.1, -0.05) is 0 Å². The third kappa shape index (κ3) is 2.02. The fourth-order valence-electron chi connectivity index (χ4n) is 1.69. The lowest BCUT2D eigenvalue weighted by atomic mass is 9.78. The highest BCUT2D eigenvalue weighted by molar-refractivity contribution is 5.74. The molecule has 14 heavy (non-hydrogen) atoms. The van der Waals surface area contributed by atoms with Crippen LogP contribution < -0.4 is 0 Å². The Balaban J connectivity index is 2.71. The number of carbonyl (C=O) groups is 2. The number of hydrogen-bond donors (Lipinski definition) is 4. The van der Waals surface area contributed by atoms with Crippen LogP contribution in [0.15, 0.2) is 0 Å². The highest BCUT2D eigenvalue weighted by Crippen LogP contribution is 2.29. The van der Waals surface area contributed by atoms with Gasteiger partial charge in [0.05, 0.1) is 24.0 Å². The topological polar surface area (TPSA) is 115 Å². The Morgan fingerprint density at radius 3 is 1.36 bits per heavy atom. The monoisotopic (exact) mass is 204 g/mol. The van der Waals surface area contributed by atoms with Crippen molar-refractivity contribution in [2.75, 3.05) is 0 Å². The number of aliphatic hydroxyl groups excluding tert-OH is 2. The van der Waals surface area contributed by atoms with Crippen LogP contribution in [-0.2, 0) is 9.59 Å².